The quantitative estimate of drug-likeness (QED) is 0.775. The van der Waals surface area contributed by atoms with Gasteiger partial charge in [-0.3, -0.25) is 0 Å². The Balaban J connectivity index is 1.93. The van der Waals surface area contributed by atoms with Gasteiger partial charge in [-0.15, -0.1) is 5.46 Å². The fraction of sp³-hybridized carbons (Fsp3) is 0.133. The number of aliphatic imine (C=N–C) groups is 1. The van der Waals surface area contributed by atoms with Crippen molar-refractivity contribution >= 4 is 23.8 Å². The van der Waals surface area contributed by atoms with Gasteiger partial charge in [0.05, 0.1) is 5.71 Å². The van der Waals surface area contributed by atoms with E-state index < -0.39 is 12.4 Å². The molecule has 0 spiro atoms. The largest absolute Gasteiger partial charge is 0.509 e. The lowest BCUT2D eigenvalue weighted by Crippen LogP contribution is -2.34. The van der Waals surface area contributed by atoms with E-state index in [1.807, 2.05) is 25.1 Å². The van der Waals surface area contributed by atoms with Crippen molar-refractivity contribution in [2.75, 3.05) is 6.61 Å². The van der Waals surface area contributed by atoms with Gasteiger partial charge in [-0.25, -0.2) is 4.99 Å². The van der Waals surface area contributed by atoms with E-state index in [0.29, 0.717) is 22.7 Å². The molecule has 0 unspecified atom stereocenters. The molecule has 0 atom stereocenters. The van der Waals surface area contributed by atoms with Gasteiger partial charge in [0.1, 0.15) is 18.0 Å². The van der Waals surface area contributed by atoms with E-state index in [0.717, 1.165) is 17.7 Å². The summed E-state index contributed by atoms with van der Waals surface area (Å²) in [5, 5.41) is 0. The molecule has 2 aromatic rings. The topological polar surface area (TPSA) is 21.6 Å². The Labute approximate surface area is 120 Å². The number of hydrogen-bond donors (Lipinski definition) is 0. The molecule has 2 aromatic carbocycles. The molecular weight excluding hydrogens is 278 g/mol. The molecular formula is C15H12BF3NO-. The van der Waals surface area contributed by atoms with Gasteiger partial charge in [-0.1, -0.05) is 30.3 Å². The molecule has 6 heteroatoms. The molecule has 0 saturated heterocycles. The Bertz CT molecular complexity index is 708. The number of ether oxygens (including phenoxy) is 1. The number of benzene rings is 2. The van der Waals surface area contributed by atoms with Crippen LogP contribution in [0.4, 0.5) is 18.6 Å². The van der Waals surface area contributed by atoms with Gasteiger partial charge in [-0.2, -0.15) is 0 Å². The lowest BCUT2D eigenvalue weighted by molar-refractivity contribution is 0.372. The molecule has 0 radical (unpaired) electrons. The summed E-state index contributed by atoms with van der Waals surface area (Å²) in [6.07, 6.45) is 0. The van der Waals surface area contributed by atoms with Crippen LogP contribution in [0.5, 0.6) is 5.75 Å². The van der Waals surface area contributed by atoms with Crippen molar-refractivity contribution in [3.05, 3.63) is 53.6 Å². The molecule has 1 aliphatic rings. The summed E-state index contributed by atoms with van der Waals surface area (Å²) in [5.41, 5.74) is 2.44. The van der Waals surface area contributed by atoms with E-state index in [1.54, 1.807) is 0 Å². The van der Waals surface area contributed by atoms with Crippen molar-refractivity contribution in [1.29, 1.82) is 0 Å². The Morgan fingerprint density at radius 1 is 1.05 bits per heavy atom. The van der Waals surface area contributed by atoms with Crippen LogP contribution in [-0.4, -0.2) is 19.3 Å². The van der Waals surface area contributed by atoms with Crippen LogP contribution in [0, 0.1) is 6.92 Å². The van der Waals surface area contributed by atoms with Crippen LogP contribution in [0.3, 0.4) is 0 Å². The minimum absolute atomic E-state index is 0.257. The van der Waals surface area contributed by atoms with E-state index in [2.05, 4.69) is 4.99 Å². The van der Waals surface area contributed by atoms with Gasteiger partial charge >= 0.3 is 6.98 Å². The highest BCUT2D eigenvalue weighted by Crippen LogP contribution is 2.32. The number of hydrogen-bond acceptors (Lipinski definition) is 2. The number of nitrogens with zero attached hydrogens (tertiary/aromatic N) is 1. The third kappa shape index (κ3) is 2.79. The summed E-state index contributed by atoms with van der Waals surface area (Å²) in [5.74, 6) is 0.703. The maximum absolute atomic E-state index is 12.6. The number of rotatable bonds is 2. The zero-order chi connectivity index (χ0) is 15.0. The molecule has 0 bridgehead atoms. The van der Waals surface area contributed by atoms with Crippen molar-refractivity contribution in [3.8, 4) is 5.75 Å². The predicted octanol–water partition coefficient (Wildman–Crippen LogP) is 3.56. The van der Waals surface area contributed by atoms with Crippen molar-refractivity contribution in [2.24, 2.45) is 4.99 Å². The van der Waals surface area contributed by atoms with E-state index in [1.165, 1.54) is 12.1 Å². The summed E-state index contributed by atoms with van der Waals surface area (Å²) in [4.78, 5) is 4.46. The summed E-state index contributed by atoms with van der Waals surface area (Å²) >= 11 is 0. The first kappa shape index (κ1) is 13.7. The maximum Gasteiger partial charge on any atom is 0.509 e. The molecule has 1 heterocycles. The molecule has 0 aromatic heterocycles. The molecule has 1 aliphatic heterocycles. The lowest BCUT2D eigenvalue weighted by atomic mass is 9.80. The predicted molar refractivity (Wildman–Crippen MR) is 78.0 cm³/mol. The van der Waals surface area contributed by atoms with Gasteiger partial charge in [0.25, 0.3) is 0 Å². The van der Waals surface area contributed by atoms with Crippen LogP contribution < -0.4 is 10.2 Å². The summed E-state index contributed by atoms with van der Waals surface area (Å²) in [6.45, 7) is -2.75. The van der Waals surface area contributed by atoms with Crippen molar-refractivity contribution in [2.45, 2.75) is 6.92 Å². The molecule has 0 amide bonds. The minimum atomic E-state index is -4.96. The van der Waals surface area contributed by atoms with Crippen LogP contribution in [0.1, 0.15) is 11.1 Å². The van der Waals surface area contributed by atoms with E-state index in [9.17, 15) is 12.9 Å². The Kier molecular flexibility index (Phi) is 3.24. The normalized spacial score (nSPS) is 14.2. The van der Waals surface area contributed by atoms with Gasteiger partial charge in [0.2, 0.25) is 0 Å². The Morgan fingerprint density at radius 2 is 1.76 bits per heavy atom. The van der Waals surface area contributed by atoms with Gasteiger partial charge in [0.15, 0.2) is 0 Å². The lowest BCUT2D eigenvalue weighted by Gasteiger charge is -2.19. The van der Waals surface area contributed by atoms with Gasteiger partial charge in [0, 0.05) is 0 Å². The standard InChI is InChI=1S/C15H12BF3NO/c1-10-2-7-13-15(8-10)21-9-14(20-13)11-3-5-12(6-4-11)16(17,18)19/h2-8H,9H2,1H3/q-1. The average Bonchev–Trinajstić information content (AvgIpc) is 2.46. The second-order valence-corrected chi connectivity index (χ2v) is 5.02. The SMILES string of the molecule is Cc1ccc2c(c1)OCC(c1ccc([B-](F)(F)F)cc1)=N2. The van der Waals surface area contributed by atoms with Gasteiger partial charge in [-0.05, 0) is 30.2 Å². The van der Waals surface area contributed by atoms with E-state index in [4.69, 9.17) is 4.74 Å². The van der Waals surface area contributed by atoms with Crippen LogP contribution >= 0.6 is 0 Å². The zero-order valence-corrected chi connectivity index (χ0v) is 11.3. The number of fused-ring (bicyclic) bond motifs is 1. The van der Waals surface area contributed by atoms with Crippen molar-refractivity contribution in [3.63, 3.8) is 0 Å². The van der Waals surface area contributed by atoms with Crippen molar-refractivity contribution < 1.29 is 17.7 Å². The van der Waals surface area contributed by atoms with Crippen LogP contribution in [0.15, 0.2) is 47.5 Å². The highest BCUT2D eigenvalue weighted by Gasteiger charge is 2.25. The molecule has 21 heavy (non-hydrogen) atoms. The Hall–Kier alpha value is -2.24. The molecule has 0 aliphatic carbocycles. The molecule has 2 nitrogen and oxygen atoms in total. The van der Waals surface area contributed by atoms with Crippen LogP contribution in [0.2, 0.25) is 0 Å². The maximum atomic E-state index is 12.6. The minimum Gasteiger partial charge on any atom is -0.485 e. The van der Waals surface area contributed by atoms with E-state index >= 15 is 0 Å². The number of halogens is 3. The fourth-order valence-corrected chi connectivity index (χ4v) is 2.19. The smallest absolute Gasteiger partial charge is 0.485 e. The summed E-state index contributed by atoms with van der Waals surface area (Å²) in [6, 6.07) is 10.7. The molecule has 0 fully saturated rings. The average molecular weight is 290 g/mol. The zero-order valence-electron chi connectivity index (χ0n) is 11.3. The highest BCUT2D eigenvalue weighted by molar-refractivity contribution is 6.73. The summed E-state index contributed by atoms with van der Waals surface area (Å²) in [7, 11) is 0. The molecule has 108 valence electrons. The van der Waals surface area contributed by atoms with Gasteiger partial charge < -0.3 is 17.7 Å². The third-order valence-corrected chi connectivity index (χ3v) is 3.36. The molecule has 0 saturated carbocycles. The van der Waals surface area contributed by atoms with E-state index in [-0.39, 0.29) is 6.61 Å². The summed E-state index contributed by atoms with van der Waals surface area (Å²) < 4.78 is 43.4. The first-order chi connectivity index (χ1) is 9.93. The first-order valence-corrected chi connectivity index (χ1v) is 6.55. The van der Waals surface area contributed by atoms with Crippen molar-refractivity contribution in [1.82, 2.24) is 0 Å². The molecule has 3 rings (SSSR count). The van der Waals surface area contributed by atoms with Crippen LogP contribution in [-0.2, 0) is 0 Å². The highest BCUT2D eigenvalue weighted by atomic mass is 19.4. The third-order valence-electron chi connectivity index (χ3n) is 3.36. The second kappa shape index (κ2) is 4.95. The monoisotopic (exact) mass is 290 g/mol. The van der Waals surface area contributed by atoms with Crippen LogP contribution in [0.25, 0.3) is 0 Å². The number of aryl methyl sites for hydroxylation is 1. The Morgan fingerprint density at radius 3 is 2.43 bits per heavy atom. The molecule has 0 N–H and O–H groups in total. The first-order valence-electron chi connectivity index (χ1n) is 6.55. The second-order valence-electron chi connectivity index (χ2n) is 5.02. The fourth-order valence-electron chi connectivity index (χ4n) is 2.19.